The van der Waals surface area contributed by atoms with Crippen molar-refractivity contribution in [1.82, 2.24) is 0 Å². The van der Waals surface area contributed by atoms with Crippen molar-refractivity contribution in [2.75, 3.05) is 5.32 Å². The van der Waals surface area contributed by atoms with E-state index in [1.165, 1.54) is 5.56 Å². The molecule has 0 aliphatic rings. The quantitative estimate of drug-likeness (QED) is 0.912. The molecule has 2 aromatic rings. The second kappa shape index (κ2) is 6.65. The highest BCUT2D eigenvalue weighted by atomic mass is 16.5. The van der Waals surface area contributed by atoms with Gasteiger partial charge in [-0.3, -0.25) is 4.79 Å². The zero-order chi connectivity index (χ0) is 16.3. The maximum atomic E-state index is 12.2. The van der Waals surface area contributed by atoms with E-state index >= 15 is 0 Å². The molecule has 3 nitrogen and oxygen atoms in total. The van der Waals surface area contributed by atoms with Crippen LogP contribution >= 0.6 is 0 Å². The number of anilines is 1. The fraction of sp³-hybridized carbons (Fsp3) is 0.316. The maximum Gasteiger partial charge on any atom is 0.265 e. The summed E-state index contributed by atoms with van der Waals surface area (Å²) in [6.07, 6.45) is -0.554. The normalized spacial score (nSPS) is 11.9. The highest BCUT2D eigenvalue weighted by Crippen LogP contribution is 2.24. The molecule has 1 N–H and O–H groups in total. The van der Waals surface area contributed by atoms with E-state index in [2.05, 4.69) is 11.4 Å². The third-order valence-corrected chi connectivity index (χ3v) is 3.76. The Labute approximate surface area is 132 Å². The van der Waals surface area contributed by atoms with Crippen LogP contribution in [-0.4, -0.2) is 12.0 Å². The minimum atomic E-state index is -0.554. The summed E-state index contributed by atoms with van der Waals surface area (Å²) in [5, 5.41) is 2.87. The Morgan fingerprint density at radius 3 is 2.27 bits per heavy atom. The molecule has 0 aliphatic carbocycles. The third-order valence-electron chi connectivity index (χ3n) is 3.76. The van der Waals surface area contributed by atoms with Crippen molar-refractivity contribution in [3.05, 3.63) is 58.7 Å². The van der Waals surface area contributed by atoms with Crippen LogP contribution in [0.4, 0.5) is 5.69 Å². The monoisotopic (exact) mass is 297 g/mol. The average molecular weight is 297 g/mol. The van der Waals surface area contributed by atoms with E-state index in [1.807, 2.05) is 58.0 Å². The van der Waals surface area contributed by atoms with Gasteiger partial charge in [-0.25, -0.2) is 0 Å². The molecule has 22 heavy (non-hydrogen) atoms. The second-order valence-corrected chi connectivity index (χ2v) is 5.82. The summed E-state index contributed by atoms with van der Waals surface area (Å²) in [6, 6.07) is 11.8. The van der Waals surface area contributed by atoms with Crippen LogP contribution in [0.2, 0.25) is 0 Å². The van der Waals surface area contributed by atoms with Crippen molar-refractivity contribution in [2.24, 2.45) is 0 Å². The van der Waals surface area contributed by atoms with Gasteiger partial charge in [0, 0.05) is 5.69 Å². The standard InChI is InChI=1S/C19H23NO2/c1-12-6-8-17(9-7-12)20-19(21)16(5)22-18-11-13(2)10-14(3)15(18)4/h6-11,16H,1-5H3,(H,20,21). The molecule has 0 fully saturated rings. The van der Waals surface area contributed by atoms with E-state index in [-0.39, 0.29) is 5.91 Å². The fourth-order valence-electron chi connectivity index (χ4n) is 2.25. The van der Waals surface area contributed by atoms with Crippen LogP contribution in [0.15, 0.2) is 36.4 Å². The van der Waals surface area contributed by atoms with E-state index in [1.54, 1.807) is 6.92 Å². The number of ether oxygens (including phenoxy) is 1. The van der Waals surface area contributed by atoms with Crippen LogP contribution in [0.5, 0.6) is 5.75 Å². The lowest BCUT2D eigenvalue weighted by Crippen LogP contribution is -2.30. The number of amides is 1. The number of hydrogen-bond donors (Lipinski definition) is 1. The smallest absolute Gasteiger partial charge is 0.265 e. The Hall–Kier alpha value is -2.29. The molecule has 1 atom stereocenters. The molecule has 0 saturated heterocycles. The summed E-state index contributed by atoms with van der Waals surface area (Å²) in [7, 11) is 0. The Morgan fingerprint density at radius 2 is 1.64 bits per heavy atom. The van der Waals surface area contributed by atoms with Crippen LogP contribution in [0.3, 0.4) is 0 Å². The molecule has 0 radical (unpaired) electrons. The van der Waals surface area contributed by atoms with Gasteiger partial charge in [0.1, 0.15) is 5.75 Å². The van der Waals surface area contributed by atoms with E-state index in [9.17, 15) is 4.79 Å². The van der Waals surface area contributed by atoms with Gasteiger partial charge in [-0.05, 0) is 69.5 Å². The third kappa shape index (κ3) is 3.88. The average Bonchev–Trinajstić information content (AvgIpc) is 2.46. The molecule has 0 aliphatic heterocycles. The van der Waals surface area contributed by atoms with Crippen molar-refractivity contribution >= 4 is 11.6 Å². The minimum absolute atomic E-state index is 0.151. The van der Waals surface area contributed by atoms with Crippen LogP contribution in [-0.2, 0) is 4.79 Å². The molecule has 0 heterocycles. The number of aryl methyl sites for hydroxylation is 3. The summed E-state index contributed by atoms with van der Waals surface area (Å²) in [6.45, 7) is 9.86. The van der Waals surface area contributed by atoms with E-state index in [4.69, 9.17) is 4.74 Å². The van der Waals surface area contributed by atoms with Crippen molar-refractivity contribution in [3.8, 4) is 5.75 Å². The Bertz CT molecular complexity index is 675. The lowest BCUT2D eigenvalue weighted by atomic mass is 10.1. The summed E-state index contributed by atoms with van der Waals surface area (Å²) >= 11 is 0. The van der Waals surface area contributed by atoms with Crippen molar-refractivity contribution in [1.29, 1.82) is 0 Å². The summed E-state index contributed by atoms with van der Waals surface area (Å²) in [5.74, 6) is 0.617. The van der Waals surface area contributed by atoms with Gasteiger partial charge in [-0.15, -0.1) is 0 Å². The molecule has 1 unspecified atom stereocenters. The van der Waals surface area contributed by atoms with E-state index in [0.717, 1.165) is 28.1 Å². The van der Waals surface area contributed by atoms with E-state index in [0.29, 0.717) is 0 Å². The number of nitrogens with one attached hydrogen (secondary N) is 1. The summed E-state index contributed by atoms with van der Waals surface area (Å²) in [5.41, 5.74) is 5.31. The molecular formula is C19H23NO2. The molecule has 0 aromatic heterocycles. The largest absolute Gasteiger partial charge is 0.481 e. The molecule has 1 amide bonds. The molecule has 0 spiro atoms. The number of carbonyl (C=O) groups excluding carboxylic acids is 1. The van der Waals surface area contributed by atoms with Gasteiger partial charge in [0.2, 0.25) is 0 Å². The Morgan fingerprint density at radius 1 is 1.00 bits per heavy atom. The Kier molecular flexibility index (Phi) is 4.86. The second-order valence-electron chi connectivity index (χ2n) is 5.82. The number of benzene rings is 2. The van der Waals surface area contributed by atoms with E-state index < -0.39 is 6.10 Å². The summed E-state index contributed by atoms with van der Waals surface area (Å²) in [4.78, 5) is 12.2. The summed E-state index contributed by atoms with van der Waals surface area (Å²) < 4.78 is 5.85. The first-order chi connectivity index (χ1) is 10.4. The molecule has 0 bridgehead atoms. The van der Waals surface area contributed by atoms with Crippen LogP contribution < -0.4 is 10.1 Å². The molecule has 3 heteroatoms. The van der Waals surface area contributed by atoms with Crippen molar-refractivity contribution in [2.45, 2.75) is 40.7 Å². The van der Waals surface area contributed by atoms with Crippen LogP contribution in [0.1, 0.15) is 29.2 Å². The topological polar surface area (TPSA) is 38.3 Å². The van der Waals surface area contributed by atoms with Gasteiger partial charge >= 0.3 is 0 Å². The number of hydrogen-bond acceptors (Lipinski definition) is 2. The first-order valence-corrected chi connectivity index (χ1v) is 7.49. The highest BCUT2D eigenvalue weighted by molar-refractivity contribution is 5.94. The van der Waals surface area contributed by atoms with Crippen molar-refractivity contribution < 1.29 is 9.53 Å². The molecule has 0 saturated carbocycles. The molecule has 2 rings (SSSR count). The zero-order valence-corrected chi connectivity index (χ0v) is 13.9. The number of rotatable bonds is 4. The van der Waals surface area contributed by atoms with Crippen LogP contribution in [0, 0.1) is 27.7 Å². The predicted octanol–water partition coefficient (Wildman–Crippen LogP) is 4.33. The van der Waals surface area contributed by atoms with Gasteiger partial charge in [-0.2, -0.15) is 0 Å². The molecular weight excluding hydrogens is 274 g/mol. The van der Waals surface area contributed by atoms with Gasteiger partial charge in [-0.1, -0.05) is 23.8 Å². The Balaban J connectivity index is 2.07. The van der Waals surface area contributed by atoms with Gasteiger partial charge in [0.05, 0.1) is 0 Å². The fourth-order valence-corrected chi connectivity index (χ4v) is 2.25. The lowest BCUT2D eigenvalue weighted by Gasteiger charge is -2.18. The first kappa shape index (κ1) is 16.1. The maximum absolute atomic E-state index is 12.2. The highest BCUT2D eigenvalue weighted by Gasteiger charge is 2.16. The van der Waals surface area contributed by atoms with Gasteiger partial charge < -0.3 is 10.1 Å². The zero-order valence-electron chi connectivity index (χ0n) is 13.9. The van der Waals surface area contributed by atoms with Gasteiger partial charge in [0.15, 0.2) is 6.10 Å². The SMILES string of the molecule is Cc1ccc(NC(=O)C(C)Oc2cc(C)cc(C)c2C)cc1. The lowest BCUT2D eigenvalue weighted by molar-refractivity contribution is -0.122. The molecule has 2 aromatic carbocycles. The predicted molar refractivity (Wildman–Crippen MR) is 90.6 cm³/mol. The first-order valence-electron chi connectivity index (χ1n) is 7.49. The van der Waals surface area contributed by atoms with Crippen molar-refractivity contribution in [3.63, 3.8) is 0 Å². The van der Waals surface area contributed by atoms with Gasteiger partial charge in [0.25, 0.3) is 5.91 Å². The minimum Gasteiger partial charge on any atom is -0.481 e. The molecule has 116 valence electrons. The van der Waals surface area contributed by atoms with Crippen LogP contribution in [0.25, 0.3) is 0 Å². The number of carbonyl (C=O) groups is 1.